The third-order valence-corrected chi connectivity index (χ3v) is 5.49. The van der Waals surface area contributed by atoms with Gasteiger partial charge in [0.15, 0.2) is 5.82 Å². The molecule has 0 saturated heterocycles. The van der Waals surface area contributed by atoms with Gasteiger partial charge in [-0.3, -0.25) is 10.1 Å². The Morgan fingerprint density at radius 3 is 2.36 bits per heavy atom. The van der Waals surface area contributed by atoms with Gasteiger partial charge < -0.3 is 16.3 Å². The Hall–Kier alpha value is -2.75. The number of hydrogen-bond donors (Lipinski definition) is 3. The van der Waals surface area contributed by atoms with Crippen LogP contribution in [0, 0.1) is 5.92 Å². The van der Waals surface area contributed by atoms with E-state index in [0.717, 1.165) is 11.8 Å². The number of primary amides is 1. The highest BCUT2D eigenvalue weighted by atomic mass is 32.2. The van der Waals surface area contributed by atoms with Crippen LogP contribution in [0.2, 0.25) is 0 Å². The lowest BCUT2D eigenvalue weighted by atomic mass is 10.0. The maximum atomic E-state index is 12.1. The lowest BCUT2D eigenvalue weighted by Gasteiger charge is -2.17. The molecule has 0 radical (unpaired) electrons. The number of nitrogens with two attached hydrogens (primary N) is 2. The SMILES string of the molecule is CC(C)c1ccc(OCc2nnc(S[C@@H](C(=O)NC(N)=O)C(C)C)n2N)cc1. The number of benzene rings is 1. The fourth-order valence-corrected chi connectivity index (χ4v) is 3.35. The van der Waals surface area contributed by atoms with Gasteiger partial charge in [0.05, 0.1) is 5.25 Å². The fraction of sp³-hybridized carbons (Fsp3) is 0.444. The number of hydrogen-bond acceptors (Lipinski definition) is 7. The third-order valence-electron chi connectivity index (χ3n) is 3.99. The first-order chi connectivity index (χ1) is 13.2. The first-order valence-corrected chi connectivity index (χ1v) is 9.76. The van der Waals surface area contributed by atoms with E-state index in [1.807, 2.05) is 38.1 Å². The molecule has 1 heterocycles. The molecule has 9 nitrogen and oxygen atoms in total. The summed E-state index contributed by atoms with van der Waals surface area (Å²) in [4.78, 5) is 23.1. The molecule has 0 aliphatic rings. The summed E-state index contributed by atoms with van der Waals surface area (Å²) in [6.07, 6.45) is 0. The van der Waals surface area contributed by atoms with Crippen molar-refractivity contribution in [1.82, 2.24) is 20.2 Å². The largest absolute Gasteiger partial charge is 0.486 e. The van der Waals surface area contributed by atoms with Crippen molar-refractivity contribution in [2.24, 2.45) is 11.7 Å². The molecule has 1 atom stereocenters. The van der Waals surface area contributed by atoms with Gasteiger partial charge in [0, 0.05) is 0 Å². The molecule has 0 saturated carbocycles. The zero-order valence-electron chi connectivity index (χ0n) is 16.4. The molecule has 2 aromatic rings. The predicted octanol–water partition coefficient (Wildman–Crippen LogP) is 2.01. The molecule has 1 aromatic carbocycles. The van der Waals surface area contributed by atoms with Crippen LogP contribution >= 0.6 is 11.8 Å². The van der Waals surface area contributed by atoms with Crippen molar-refractivity contribution < 1.29 is 14.3 Å². The lowest BCUT2D eigenvalue weighted by Crippen LogP contribution is -2.42. The Morgan fingerprint density at radius 2 is 1.82 bits per heavy atom. The summed E-state index contributed by atoms with van der Waals surface area (Å²) in [7, 11) is 0. The van der Waals surface area contributed by atoms with Gasteiger partial charge in [-0.2, -0.15) is 0 Å². The monoisotopic (exact) mass is 406 g/mol. The summed E-state index contributed by atoms with van der Waals surface area (Å²) in [6, 6.07) is 6.91. The number of aromatic nitrogens is 3. The summed E-state index contributed by atoms with van der Waals surface area (Å²) in [5.74, 6) is 7.02. The van der Waals surface area contributed by atoms with E-state index < -0.39 is 17.2 Å². The number of rotatable bonds is 8. The maximum absolute atomic E-state index is 12.1. The molecule has 28 heavy (non-hydrogen) atoms. The van der Waals surface area contributed by atoms with Crippen LogP contribution in [0.5, 0.6) is 5.75 Å². The minimum absolute atomic E-state index is 0.0831. The molecule has 152 valence electrons. The van der Waals surface area contributed by atoms with Crippen LogP contribution in [0.15, 0.2) is 29.4 Å². The number of nitrogens with one attached hydrogen (secondary N) is 1. The number of ether oxygens (including phenoxy) is 1. The Labute approximate surface area is 168 Å². The van der Waals surface area contributed by atoms with Gasteiger partial charge in [-0.1, -0.05) is 51.6 Å². The maximum Gasteiger partial charge on any atom is 0.318 e. The Bertz CT molecular complexity index is 819. The number of thioether (sulfide) groups is 1. The highest BCUT2D eigenvalue weighted by molar-refractivity contribution is 8.00. The second-order valence-corrected chi connectivity index (χ2v) is 8.03. The molecule has 0 aliphatic carbocycles. The van der Waals surface area contributed by atoms with Crippen LogP contribution in [-0.4, -0.2) is 32.1 Å². The smallest absolute Gasteiger partial charge is 0.318 e. The summed E-state index contributed by atoms with van der Waals surface area (Å²) >= 11 is 1.11. The number of nitrogens with zero attached hydrogens (tertiary/aromatic N) is 3. The van der Waals surface area contributed by atoms with Crippen LogP contribution in [0.4, 0.5) is 4.79 Å². The fourth-order valence-electron chi connectivity index (χ4n) is 2.38. The molecule has 0 unspecified atom stereocenters. The van der Waals surface area contributed by atoms with E-state index in [1.165, 1.54) is 10.2 Å². The van der Waals surface area contributed by atoms with E-state index in [2.05, 4.69) is 29.4 Å². The van der Waals surface area contributed by atoms with Crippen molar-refractivity contribution in [3.8, 4) is 5.75 Å². The van der Waals surface area contributed by atoms with Crippen LogP contribution in [-0.2, 0) is 11.4 Å². The first kappa shape index (κ1) is 21.5. The molecule has 0 bridgehead atoms. The topological polar surface area (TPSA) is 138 Å². The molecule has 5 N–H and O–H groups in total. The van der Waals surface area contributed by atoms with Crippen molar-refractivity contribution in [3.63, 3.8) is 0 Å². The minimum atomic E-state index is -0.900. The van der Waals surface area contributed by atoms with Crippen LogP contribution in [0.3, 0.4) is 0 Å². The highest BCUT2D eigenvalue weighted by Gasteiger charge is 2.27. The van der Waals surface area contributed by atoms with Gasteiger partial charge >= 0.3 is 6.03 Å². The quantitative estimate of drug-likeness (QED) is 0.450. The van der Waals surface area contributed by atoms with Crippen LogP contribution in [0.25, 0.3) is 0 Å². The van der Waals surface area contributed by atoms with Gasteiger partial charge in [-0.15, -0.1) is 10.2 Å². The third kappa shape index (κ3) is 5.62. The van der Waals surface area contributed by atoms with Gasteiger partial charge in [0.2, 0.25) is 11.1 Å². The Morgan fingerprint density at radius 1 is 1.18 bits per heavy atom. The Balaban J connectivity index is 2.03. The van der Waals surface area contributed by atoms with E-state index in [9.17, 15) is 9.59 Å². The van der Waals surface area contributed by atoms with Crippen LogP contribution in [0.1, 0.15) is 45.0 Å². The van der Waals surface area contributed by atoms with E-state index in [4.69, 9.17) is 16.3 Å². The second kappa shape index (κ2) is 9.45. The lowest BCUT2D eigenvalue weighted by molar-refractivity contribution is -0.120. The Kier molecular flexibility index (Phi) is 7.27. The standard InChI is InChI=1S/C18H26N6O3S/c1-10(2)12-5-7-13(8-6-12)27-9-14-22-23-18(24(14)20)28-15(11(3)4)16(25)21-17(19)26/h5-8,10-11,15H,9,20H2,1-4H3,(H3,19,21,25,26)/t15-/m1/s1. The molecule has 10 heteroatoms. The molecular formula is C18H26N6O3S. The molecule has 3 amide bonds. The number of amides is 3. The van der Waals surface area contributed by atoms with Crippen LogP contribution < -0.4 is 21.6 Å². The second-order valence-electron chi connectivity index (χ2n) is 6.92. The molecular weight excluding hydrogens is 380 g/mol. The number of carbonyl (C=O) groups excluding carboxylic acids is 2. The van der Waals surface area contributed by atoms with E-state index in [1.54, 1.807) is 0 Å². The molecule has 0 fully saturated rings. The van der Waals surface area contributed by atoms with E-state index in [0.29, 0.717) is 22.6 Å². The average Bonchev–Trinajstić information content (AvgIpc) is 2.97. The van der Waals surface area contributed by atoms with Gasteiger partial charge in [-0.25, -0.2) is 9.47 Å². The predicted molar refractivity (Wildman–Crippen MR) is 107 cm³/mol. The van der Waals surface area contributed by atoms with Gasteiger partial charge in [-0.05, 0) is 29.5 Å². The highest BCUT2D eigenvalue weighted by Crippen LogP contribution is 2.27. The molecule has 0 spiro atoms. The van der Waals surface area contributed by atoms with E-state index in [-0.39, 0.29) is 12.5 Å². The van der Waals surface area contributed by atoms with Crippen molar-refractivity contribution in [1.29, 1.82) is 0 Å². The number of nitrogen functional groups attached to an aromatic ring is 1. The molecule has 1 aromatic heterocycles. The first-order valence-electron chi connectivity index (χ1n) is 8.88. The average molecular weight is 407 g/mol. The van der Waals surface area contributed by atoms with Gasteiger partial charge in [0.1, 0.15) is 12.4 Å². The van der Waals surface area contributed by atoms with Crippen molar-refractivity contribution >= 4 is 23.7 Å². The number of urea groups is 1. The minimum Gasteiger partial charge on any atom is -0.486 e. The summed E-state index contributed by atoms with van der Waals surface area (Å²) in [5.41, 5.74) is 6.25. The van der Waals surface area contributed by atoms with Crippen molar-refractivity contribution in [2.75, 3.05) is 5.84 Å². The van der Waals surface area contributed by atoms with E-state index >= 15 is 0 Å². The summed E-state index contributed by atoms with van der Waals surface area (Å²) in [5, 5.41) is 9.88. The zero-order valence-corrected chi connectivity index (χ0v) is 17.2. The summed E-state index contributed by atoms with van der Waals surface area (Å²) < 4.78 is 7.00. The zero-order chi connectivity index (χ0) is 20.8. The normalized spacial score (nSPS) is 12.2. The van der Waals surface area contributed by atoms with Gasteiger partial charge in [0.25, 0.3) is 0 Å². The van der Waals surface area contributed by atoms with Crippen molar-refractivity contribution in [3.05, 3.63) is 35.7 Å². The molecule has 0 aliphatic heterocycles. The van der Waals surface area contributed by atoms with Crippen molar-refractivity contribution in [2.45, 2.75) is 50.6 Å². The number of carbonyl (C=O) groups is 2. The summed E-state index contributed by atoms with van der Waals surface area (Å²) in [6.45, 7) is 8.08. The number of imide groups is 1. The molecule has 2 rings (SSSR count).